The summed E-state index contributed by atoms with van der Waals surface area (Å²) < 4.78 is 6.32. The van der Waals surface area contributed by atoms with E-state index in [2.05, 4.69) is 20.8 Å². The zero-order chi connectivity index (χ0) is 13.7. The molecule has 0 saturated carbocycles. The van der Waals surface area contributed by atoms with Crippen molar-refractivity contribution in [2.75, 3.05) is 0 Å². The van der Waals surface area contributed by atoms with Crippen molar-refractivity contribution in [1.82, 2.24) is 0 Å². The van der Waals surface area contributed by atoms with Crippen LogP contribution in [0, 0.1) is 26.7 Å². The van der Waals surface area contributed by atoms with Gasteiger partial charge in [-0.1, -0.05) is 13.8 Å². The van der Waals surface area contributed by atoms with Gasteiger partial charge in [0.1, 0.15) is 17.1 Å². The van der Waals surface area contributed by atoms with Crippen LogP contribution in [0.5, 0.6) is 11.5 Å². The molecule has 0 amide bonds. The van der Waals surface area contributed by atoms with E-state index in [1.165, 1.54) is 5.56 Å². The molecule has 1 heterocycles. The topological polar surface area (TPSA) is 29.5 Å². The van der Waals surface area contributed by atoms with Gasteiger partial charge >= 0.3 is 0 Å². The molecule has 18 heavy (non-hydrogen) atoms. The van der Waals surface area contributed by atoms with E-state index in [-0.39, 0.29) is 5.60 Å². The van der Waals surface area contributed by atoms with Crippen molar-refractivity contribution in [3.05, 3.63) is 22.3 Å². The van der Waals surface area contributed by atoms with Gasteiger partial charge in [0.15, 0.2) is 0 Å². The Morgan fingerprint density at radius 3 is 2.28 bits per heavy atom. The first kappa shape index (κ1) is 13.3. The lowest BCUT2D eigenvalue weighted by molar-refractivity contribution is 0.0191. The summed E-state index contributed by atoms with van der Waals surface area (Å²) in [6.07, 6.45) is 2.00. The molecule has 1 unspecified atom stereocenters. The van der Waals surface area contributed by atoms with Crippen LogP contribution in [-0.4, -0.2) is 10.7 Å². The summed E-state index contributed by atoms with van der Waals surface area (Å²) in [7, 11) is 0. The van der Waals surface area contributed by atoms with Crippen LogP contribution < -0.4 is 4.74 Å². The van der Waals surface area contributed by atoms with Crippen LogP contribution in [0.2, 0.25) is 0 Å². The quantitative estimate of drug-likeness (QED) is 0.812. The van der Waals surface area contributed by atoms with Crippen LogP contribution in [0.25, 0.3) is 0 Å². The normalized spacial score (nSPS) is 22.8. The fraction of sp³-hybridized carbons (Fsp3) is 0.625. The number of benzene rings is 1. The molecule has 0 saturated heterocycles. The molecule has 0 fully saturated rings. The third kappa shape index (κ3) is 1.79. The first-order chi connectivity index (χ1) is 8.28. The van der Waals surface area contributed by atoms with Gasteiger partial charge in [-0.25, -0.2) is 0 Å². The molecule has 1 aromatic carbocycles. The minimum absolute atomic E-state index is 0.0897. The minimum Gasteiger partial charge on any atom is -0.507 e. The highest BCUT2D eigenvalue weighted by atomic mass is 16.5. The predicted molar refractivity (Wildman–Crippen MR) is 74.5 cm³/mol. The van der Waals surface area contributed by atoms with Gasteiger partial charge in [-0.15, -0.1) is 0 Å². The molecule has 2 nitrogen and oxygen atoms in total. The van der Waals surface area contributed by atoms with Crippen molar-refractivity contribution in [2.24, 2.45) is 5.92 Å². The molecule has 0 aliphatic carbocycles. The van der Waals surface area contributed by atoms with E-state index in [0.29, 0.717) is 11.7 Å². The van der Waals surface area contributed by atoms with E-state index in [4.69, 9.17) is 4.74 Å². The largest absolute Gasteiger partial charge is 0.507 e. The summed E-state index contributed by atoms with van der Waals surface area (Å²) in [5, 5.41) is 10.1. The Morgan fingerprint density at radius 1 is 1.11 bits per heavy atom. The van der Waals surface area contributed by atoms with Gasteiger partial charge in [0, 0.05) is 5.56 Å². The smallest absolute Gasteiger partial charge is 0.127 e. The van der Waals surface area contributed by atoms with Crippen LogP contribution in [0.15, 0.2) is 0 Å². The summed E-state index contributed by atoms with van der Waals surface area (Å²) in [6, 6.07) is 0. The van der Waals surface area contributed by atoms with Crippen LogP contribution in [0.3, 0.4) is 0 Å². The molecule has 0 spiro atoms. The van der Waals surface area contributed by atoms with Crippen molar-refractivity contribution in [2.45, 2.75) is 60.0 Å². The maximum atomic E-state index is 10.1. The van der Waals surface area contributed by atoms with Crippen LogP contribution in [0.1, 0.15) is 49.4 Å². The number of ether oxygens (including phenoxy) is 1. The van der Waals surface area contributed by atoms with Crippen LogP contribution in [0.4, 0.5) is 0 Å². The summed E-state index contributed by atoms with van der Waals surface area (Å²) >= 11 is 0. The molecule has 2 heteroatoms. The molecule has 1 aliphatic heterocycles. The molecule has 100 valence electrons. The Labute approximate surface area is 110 Å². The minimum atomic E-state index is -0.0897. The van der Waals surface area contributed by atoms with Crippen LogP contribution >= 0.6 is 0 Å². The maximum absolute atomic E-state index is 10.1. The van der Waals surface area contributed by atoms with Gasteiger partial charge in [-0.05, 0) is 63.1 Å². The van der Waals surface area contributed by atoms with Gasteiger partial charge in [0.25, 0.3) is 0 Å². The van der Waals surface area contributed by atoms with Crippen molar-refractivity contribution in [3.8, 4) is 11.5 Å². The lowest BCUT2D eigenvalue weighted by atomic mass is 9.81. The van der Waals surface area contributed by atoms with Gasteiger partial charge in [-0.3, -0.25) is 0 Å². The van der Waals surface area contributed by atoms with E-state index in [1.807, 2.05) is 20.8 Å². The second kappa shape index (κ2) is 4.18. The van der Waals surface area contributed by atoms with Gasteiger partial charge in [-0.2, -0.15) is 0 Å². The first-order valence-electron chi connectivity index (χ1n) is 6.78. The lowest BCUT2D eigenvalue weighted by Gasteiger charge is -2.40. The van der Waals surface area contributed by atoms with Gasteiger partial charge < -0.3 is 9.84 Å². The molecule has 1 N–H and O–H groups in total. The first-order valence-corrected chi connectivity index (χ1v) is 6.78. The predicted octanol–water partition coefficient (Wildman–Crippen LogP) is 4.06. The molecular formula is C16H24O2. The number of hydrogen-bond acceptors (Lipinski definition) is 2. The fourth-order valence-electron chi connectivity index (χ4n) is 2.67. The summed E-state index contributed by atoms with van der Waals surface area (Å²) in [5.74, 6) is 1.92. The zero-order valence-electron chi connectivity index (χ0n) is 12.3. The van der Waals surface area contributed by atoms with Gasteiger partial charge in [0.05, 0.1) is 0 Å². The van der Waals surface area contributed by atoms with Crippen molar-refractivity contribution < 1.29 is 9.84 Å². The molecule has 2 rings (SSSR count). The lowest BCUT2D eigenvalue weighted by Crippen LogP contribution is -2.41. The molecule has 0 aromatic heterocycles. The second-order valence-corrected chi connectivity index (χ2v) is 6.10. The van der Waals surface area contributed by atoms with Crippen molar-refractivity contribution >= 4 is 0 Å². The third-order valence-electron chi connectivity index (χ3n) is 4.77. The number of aromatic hydroxyl groups is 1. The Balaban J connectivity index is 2.57. The van der Waals surface area contributed by atoms with Crippen molar-refractivity contribution in [3.63, 3.8) is 0 Å². The highest BCUT2D eigenvalue weighted by molar-refractivity contribution is 5.58. The Morgan fingerprint density at radius 2 is 1.72 bits per heavy atom. The van der Waals surface area contributed by atoms with E-state index in [9.17, 15) is 5.11 Å². The molecule has 1 atom stereocenters. The SMILES string of the molecule is Cc1c(C)c2c(c(C)c1O)CCC(C)(C(C)C)O2. The highest BCUT2D eigenvalue weighted by Gasteiger charge is 2.36. The average Bonchev–Trinajstić information content (AvgIpc) is 2.33. The molecule has 1 aromatic rings. The molecular weight excluding hydrogens is 224 g/mol. The maximum Gasteiger partial charge on any atom is 0.127 e. The number of rotatable bonds is 1. The van der Waals surface area contributed by atoms with E-state index >= 15 is 0 Å². The third-order valence-corrected chi connectivity index (χ3v) is 4.77. The molecule has 0 bridgehead atoms. The van der Waals surface area contributed by atoms with E-state index in [1.54, 1.807) is 0 Å². The molecule has 1 aliphatic rings. The van der Waals surface area contributed by atoms with E-state index in [0.717, 1.165) is 35.3 Å². The summed E-state index contributed by atoms with van der Waals surface area (Å²) in [4.78, 5) is 0. The number of hydrogen-bond donors (Lipinski definition) is 1. The van der Waals surface area contributed by atoms with E-state index < -0.39 is 0 Å². The van der Waals surface area contributed by atoms with Crippen molar-refractivity contribution in [1.29, 1.82) is 0 Å². The Hall–Kier alpha value is -1.18. The summed E-state index contributed by atoms with van der Waals surface area (Å²) in [6.45, 7) is 12.6. The second-order valence-electron chi connectivity index (χ2n) is 6.10. The molecule has 0 radical (unpaired) electrons. The Bertz CT molecular complexity index is 489. The number of fused-ring (bicyclic) bond motifs is 1. The Kier molecular flexibility index (Phi) is 3.08. The average molecular weight is 248 g/mol. The van der Waals surface area contributed by atoms with Gasteiger partial charge in [0.2, 0.25) is 0 Å². The standard InChI is InChI=1S/C16H24O2/c1-9(2)16(6)8-7-13-12(5)14(17)10(3)11(4)15(13)18-16/h9,17H,7-8H2,1-6H3. The zero-order valence-corrected chi connectivity index (χ0v) is 12.3. The highest BCUT2D eigenvalue weighted by Crippen LogP contribution is 2.44. The van der Waals surface area contributed by atoms with Crippen LogP contribution in [-0.2, 0) is 6.42 Å². The monoisotopic (exact) mass is 248 g/mol. The fourth-order valence-corrected chi connectivity index (χ4v) is 2.67. The summed E-state index contributed by atoms with van der Waals surface area (Å²) in [5.41, 5.74) is 4.11. The number of phenolic OH excluding ortho intramolecular Hbond substituents is 1. The number of phenols is 1.